The molecule has 86 valence electrons. The number of rotatable bonds is 4. The minimum atomic E-state index is -3.72. The lowest BCUT2D eigenvalue weighted by atomic mass is 10.4. The van der Waals surface area contributed by atoms with Gasteiger partial charge in [-0.1, -0.05) is 24.6 Å². The van der Waals surface area contributed by atoms with Crippen molar-refractivity contribution in [1.82, 2.24) is 4.98 Å². The third-order valence-electron chi connectivity index (χ3n) is 1.85. The van der Waals surface area contributed by atoms with Gasteiger partial charge in [-0.15, -0.1) is 0 Å². The molecular weight excluding hydrogens is 250 g/mol. The SMILES string of the molecule is CCC(C#N)S(=O)(=O)Nc1cccc(Cl)n1. The number of nitrogens with zero attached hydrogens (tertiary/aromatic N) is 2. The Morgan fingerprint density at radius 3 is 2.81 bits per heavy atom. The summed E-state index contributed by atoms with van der Waals surface area (Å²) in [5.41, 5.74) is 0. The molecule has 1 N–H and O–H groups in total. The molecule has 1 heterocycles. The Bertz CT molecular complexity index is 510. The summed E-state index contributed by atoms with van der Waals surface area (Å²) in [7, 11) is -3.72. The van der Waals surface area contributed by atoms with Crippen LogP contribution in [0.3, 0.4) is 0 Å². The van der Waals surface area contributed by atoms with Crippen LogP contribution in [0.2, 0.25) is 5.15 Å². The van der Waals surface area contributed by atoms with Crippen LogP contribution in [-0.4, -0.2) is 18.7 Å². The van der Waals surface area contributed by atoms with E-state index in [0.29, 0.717) is 0 Å². The van der Waals surface area contributed by atoms with E-state index in [1.165, 1.54) is 12.1 Å². The minimum Gasteiger partial charge on any atom is -0.266 e. The number of hydrogen-bond acceptors (Lipinski definition) is 4. The van der Waals surface area contributed by atoms with Crippen LogP contribution in [0.4, 0.5) is 5.82 Å². The van der Waals surface area contributed by atoms with Crippen molar-refractivity contribution in [2.45, 2.75) is 18.6 Å². The molecule has 0 aromatic carbocycles. The van der Waals surface area contributed by atoms with Gasteiger partial charge in [0, 0.05) is 0 Å². The van der Waals surface area contributed by atoms with Gasteiger partial charge >= 0.3 is 0 Å². The molecule has 5 nitrogen and oxygen atoms in total. The van der Waals surface area contributed by atoms with Crippen LogP contribution in [0.15, 0.2) is 18.2 Å². The van der Waals surface area contributed by atoms with Crippen molar-refractivity contribution in [3.63, 3.8) is 0 Å². The van der Waals surface area contributed by atoms with Crippen LogP contribution in [-0.2, 0) is 10.0 Å². The molecule has 0 bridgehead atoms. The summed E-state index contributed by atoms with van der Waals surface area (Å²) >= 11 is 5.61. The summed E-state index contributed by atoms with van der Waals surface area (Å²) in [6.07, 6.45) is 0.215. The Hall–Kier alpha value is -1.32. The number of nitrogens with one attached hydrogen (secondary N) is 1. The Labute approximate surface area is 99.1 Å². The van der Waals surface area contributed by atoms with Gasteiger partial charge in [0.2, 0.25) is 10.0 Å². The topological polar surface area (TPSA) is 82.8 Å². The number of anilines is 1. The quantitative estimate of drug-likeness (QED) is 0.836. The first-order valence-corrected chi connectivity index (χ1v) is 6.46. The fourth-order valence-corrected chi connectivity index (χ4v) is 2.35. The van der Waals surface area contributed by atoms with Crippen molar-refractivity contribution >= 4 is 27.4 Å². The Morgan fingerprint density at radius 1 is 1.62 bits per heavy atom. The maximum atomic E-state index is 11.7. The molecule has 0 saturated carbocycles. The number of sulfonamides is 1. The van der Waals surface area contributed by atoms with Gasteiger partial charge in [-0.25, -0.2) is 13.4 Å². The highest BCUT2D eigenvalue weighted by Gasteiger charge is 2.23. The zero-order chi connectivity index (χ0) is 12.2. The van der Waals surface area contributed by atoms with Crippen LogP contribution in [0.1, 0.15) is 13.3 Å². The molecule has 7 heteroatoms. The molecule has 1 aromatic rings. The second-order valence-corrected chi connectivity index (χ2v) is 5.27. The number of hydrogen-bond donors (Lipinski definition) is 1. The molecule has 16 heavy (non-hydrogen) atoms. The van der Waals surface area contributed by atoms with Crippen LogP contribution in [0, 0.1) is 11.3 Å². The molecule has 0 aliphatic rings. The molecular formula is C9H10ClN3O2S. The van der Waals surface area contributed by atoms with E-state index in [2.05, 4.69) is 9.71 Å². The van der Waals surface area contributed by atoms with Gasteiger partial charge in [0.25, 0.3) is 0 Å². The highest BCUT2D eigenvalue weighted by molar-refractivity contribution is 7.93. The average molecular weight is 260 g/mol. The van der Waals surface area contributed by atoms with E-state index in [1.807, 2.05) is 0 Å². The van der Waals surface area contributed by atoms with Crippen LogP contribution in [0.5, 0.6) is 0 Å². The number of aromatic nitrogens is 1. The molecule has 1 rings (SSSR count). The Kier molecular flexibility index (Phi) is 4.10. The van der Waals surface area contributed by atoms with Gasteiger partial charge in [-0.3, -0.25) is 4.72 Å². The first kappa shape index (κ1) is 12.7. The molecule has 0 saturated heterocycles. The van der Waals surface area contributed by atoms with Crippen LogP contribution < -0.4 is 4.72 Å². The molecule has 0 aliphatic carbocycles. The maximum absolute atomic E-state index is 11.7. The van der Waals surface area contributed by atoms with Crippen molar-refractivity contribution in [2.24, 2.45) is 0 Å². The van der Waals surface area contributed by atoms with E-state index < -0.39 is 15.3 Å². The molecule has 1 aromatic heterocycles. The molecule has 0 amide bonds. The summed E-state index contributed by atoms with van der Waals surface area (Å²) in [4.78, 5) is 3.78. The highest BCUT2D eigenvalue weighted by atomic mass is 35.5. The summed E-state index contributed by atoms with van der Waals surface area (Å²) in [6, 6.07) is 6.28. The zero-order valence-corrected chi connectivity index (χ0v) is 10.1. The fraction of sp³-hybridized carbons (Fsp3) is 0.333. The predicted octanol–water partition coefficient (Wildman–Crippen LogP) is 1.78. The maximum Gasteiger partial charge on any atom is 0.250 e. The van der Waals surface area contributed by atoms with E-state index in [0.717, 1.165) is 0 Å². The first-order valence-electron chi connectivity index (χ1n) is 4.53. The van der Waals surface area contributed by atoms with Crippen molar-refractivity contribution < 1.29 is 8.42 Å². The summed E-state index contributed by atoms with van der Waals surface area (Å²) in [5.74, 6) is 0.112. The first-order chi connectivity index (χ1) is 7.49. The normalized spacial score (nSPS) is 12.8. The lowest BCUT2D eigenvalue weighted by Gasteiger charge is -2.10. The minimum absolute atomic E-state index is 0.112. The second-order valence-electron chi connectivity index (χ2n) is 3.02. The number of pyridine rings is 1. The molecule has 0 spiro atoms. The number of nitriles is 1. The molecule has 1 unspecified atom stereocenters. The molecule has 0 aliphatic heterocycles. The smallest absolute Gasteiger partial charge is 0.250 e. The average Bonchev–Trinajstić information content (AvgIpc) is 2.18. The van der Waals surface area contributed by atoms with Crippen molar-refractivity contribution in [1.29, 1.82) is 5.26 Å². The van der Waals surface area contributed by atoms with Gasteiger partial charge in [0.05, 0.1) is 6.07 Å². The van der Waals surface area contributed by atoms with Gasteiger partial charge < -0.3 is 0 Å². The summed E-state index contributed by atoms with van der Waals surface area (Å²) < 4.78 is 25.5. The van der Waals surface area contributed by atoms with E-state index in [4.69, 9.17) is 16.9 Å². The van der Waals surface area contributed by atoms with E-state index in [9.17, 15) is 8.42 Å². The van der Waals surface area contributed by atoms with E-state index in [1.54, 1.807) is 19.1 Å². The third-order valence-corrected chi connectivity index (χ3v) is 3.74. The van der Waals surface area contributed by atoms with Crippen molar-refractivity contribution in [3.8, 4) is 6.07 Å². The molecule has 1 atom stereocenters. The lowest BCUT2D eigenvalue weighted by Crippen LogP contribution is -2.26. The monoisotopic (exact) mass is 259 g/mol. The van der Waals surface area contributed by atoms with Crippen molar-refractivity contribution in [2.75, 3.05) is 4.72 Å². The summed E-state index contributed by atoms with van der Waals surface area (Å²) in [5, 5.41) is 7.77. The van der Waals surface area contributed by atoms with Gasteiger partial charge in [-0.05, 0) is 18.6 Å². The lowest BCUT2D eigenvalue weighted by molar-refractivity contribution is 0.592. The Morgan fingerprint density at radius 2 is 2.31 bits per heavy atom. The highest BCUT2D eigenvalue weighted by Crippen LogP contribution is 2.13. The van der Waals surface area contributed by atoms with Crippen LogP contribution in [0.25, 0.3) is 0 Å². The second kappa shape index (κ2) is 5.14. The van der Waals surface area contributed by atoms with Gasteiger partial charge in [0.1, 0.15) is 11.0 Å². The van der Waals surface area contributed by atoms with Crippen molar-refractivity contribution in [3.05, 3.63) is 23.4 Å². The number of halogens is 1. The predicted molar refractivity (Wildman–Crippen MR) is 61.5 cm³/mol. The van der Waals surface area contributed by atoms with E-state index in [-0.39, 0.29) is 17.4 Å². The third kappa shape index (κ3) is 3.08. The molecule has 0 fully saturated rings. The van der Waals surface area contributed by atoms with E-state index >= 15 is 0 Å². The van der Waals surface area contributed by atoms with Gasteiger partial charge in [-0.2, -0.15) is 5.26 Å². The largest absolute Gasteiger partial charge is 0.266 e. The van der Waals surface area contributed by atoms with Crippen LogP contribution >= 0.6 is 11.6 Å². The zero-order valence-electron chi connectivity index (χ0n) is 8.51. The standard InChI is InChI=1S/C9H10ClN3O2S/c1-2-7(6-11)16(14,15)13-9-5-3-4-8(10)12-9/h3-5,7H,2H2,1H3,(H,12,13). The summed E-state index contributed by atoms with van der Waals surface area (Å²) in [6.45, 7) is 1.62. The van der Waals surface area contributed by atoms with Gasteiger partial charge in [0.15, 0.2) is 5.25 Å². The Balaban J connectivity index is 2.94. The fourth-order valence-electron chi connectivity index (χ4n) is 1.06. The molecule has 0 radical (unpaired) electrons.